The minimum absolute atomic E-state index is 0.0449. The second kappa shape index (κ2) is 4.57. The van der Waals surface area contributed by atoms with Crippen molar-refractivity contribution in [2.75, 3.05) is 6.61 Å². The first-order valence-corrected chi connectivity index (χ1v) is 6.04. The van der Waals surface area contributed by atoms with Crippen LogP contribution in [0.2, 0.25) is 5.28 Å². The Labute approximate surface area is 111 Å². The Morgan fingerprint density at radius 2 is 2.42 bits per heavy atom. The summed E-state index contributed by atoms with van der Waals surface area (Å²) in [6.07, 6.45) is -0.282. The monoisotopic (exact) mass is 286 g/mol. The van der Waals surface area contributed by atoms with E-state index in [2.05, 4.69) is 15.0 Å². The van der Waals surface area contributed by atoms with Gasteiger partial charge in [-0.1, -0.05) is 0 Å². The van der Waals surface area contributed by atoms with Crippen LogP contribution in [0.4, 0.5) is 0 Å². The van der Waals surface area contributed by atoms with Crippen LogP contribution in [0, 0.1) is 0 Å². The van der Waals surface area contributed by atoms with Gasteiger partial charge >= 0.3 is 0 Å². The summed E-state index contributed by atoms with van der Waals surface area (Å²) in [5, 5.41) is 18.7. The summed E-state index contributed by atoms with van der Waals surface area (Å²) in [4.78, 5) is 21.9. The van der Waals surface area contributed by atoms with E-state index in [1.807, 2.05) is 0 Å². The first-order valence-electron chi connectivity index (χ1n) is 5.67. The Kier molecular flexibility index (Phi) is 3.02. The number of ether oxygens (including phenoxy) is 1. The van der Waals surface area contributed by atoms with Crippen LogP contribution in [0.3, 0.4) is 0 Å². The lowest BCUT2D eigenvalue weighted by molar-refractivity contribution is -0.0432. The minimum atomic E-state index is -0.773. The highest BCUT2D eigenvalue weighted by molar-refractivity contribution is 6.28. The first kappa shape index (κ1) is 12.5. The molecule has 0 saturated carbocycles. The average molecular weight is 287 g/mol. The summed E-state index contributed by atoms with van der Waals surface area (Å²) in [6, 6.07) is 0. The molecule has 3 heterocycles. The van der Waals surface area contributed by atoms with E-state index in [-0.39, 0.29) is 29.5 Å². The van der Waals surface area contributed by atoms with E-state index in [4.69, 9.17) is 21.4 Å². The number of aromatic amines is 1. The van der Waals surface area contributed by atoms with Crippen LogP contribution in [0.1, 0.15) is 12.6 Å². The van der Waals surface area contributed by atoms with Gasteiger partial charge in [-0.05, 0) is 11.6 Å². The predicted octanol–water partition coefficient (Wildman–Crippen LogP) is -0.586. The van der Waals surface area contributed by atoms with Crippen molar-refractivity contribution in [3.8, 4) is 0 Å². The third-order valence-electron chi connectivity index (χ3n) is 3.10. The zero-order valence-corrected chi connectivity index (χ0v) is 10.4. The molecule has 0 bridgehead atoms. The van der Waals surface area contributed by atoms with Gasteiger partial charge in [-0.2, -0.15) is 4.98 Å². The number of aromatic nitrogens is 4. The average Bonchev–Trinajstić information content (AvgIpc) is 2.92. The smallest absolute Gasteiger partial charge is 0.280 e. The minimum Gasteiger partial charge on any atom is -0.394 e. The lowest BCUT2D eigenvalue weighted by Crippen LogP contribution is -2.24. The molecule has 0 amide bonds. The predicted molar refractivity (Wildman–Crippen MR) is 64.8 cm³/mol. The van der Waals surface area contributed by atoms with Crippen LogP contribution >= 0.6 is 11.6 Å². The summed E-state index contributed by atoms with van der Waals surface area (Å²) in [6.45, 7) is -0.279. The van der Waals surface area contributed by atoms with Crippen molar-refractivity contribution in [1.29, 1.82) is 0 Å². The van der Waals surface area contributed by atoms with Gasteiger partial charge in [0, 0.05) is 6.42 Å². The molecule has 0 aliphatic carbocycles. The summed E-state index contributed by atoms with van der Waals surface area (Å²) >= 11 is 5.71. The molecule has 1 saturated heterocycles. The molecule has 3 atom stereocenters. The molecule has 3 rings (SSSR count). The van der Waals surface area contributed by atoms with Crippen LogP contribution in [0.25, 0.3) is 11.2 Å². The van der Waals surface area contributed by atoms with Gasteiger partial charge in [0.05, 0.1) is 19.0 Å². The molecule has 0 unspecified atom stereocenters. The van der Waals surface area contributed by atoms with Crippen LogP contribution in [0.5, 0.6) is 0 Å². The maximum absolute atomic E-state index is 11.6. The highest BCUT2D eigenvalue weighted by atomic mass is 35.5. The van der Waals surface area contributed by atoms with Gasteiger partial charge in [0.2, 0.25) is 5.28 Å². The molecule has 19 heavy (non-hydrogen) atoms. The number of hydrogen-bond donors (Lipinski definition) is 3. The Bertz CT molecular complexity index is 669. The number of aliphatic hydroxyl groups is 2. The molecular formula is C10H11ClN4O4. The standard InChI is InChI=1S/C10H11ClN4O4/c11-10-13-8-7(9(18)14-10)12-3-15(8)6-1-4(17)5(2-16)19-6/h3-6,16-17H,1-2H2,(H,13,14,18)/t4-,5-,6-/m1/s1. The number of nitrogens with one attached hydrogen (secondary N) is 1. The number of halogens is 1. The van der Waals surface area contributed by atoms with Gasteiger partial charge in [-0.15, -0.1) is 0 Å². The summed E-state index contributed by atoms with van der Waals surface area (Å²) in [5.41, 5.74) is -0.00881. The second-order valence-electron chi connectivity index (χ2n) is 4.30. The van der Waals surface area contributed by atoms with E-state index in [0.29, 0.717) is 0 Å². The van der Waals surface area contributed by atoms with Crippen molar-refractivity contribution in [1.82, 2.24) is 19.5 Å². The molecule has 0 spiro atoms. The Morgan fingerprint density at radius 1 is 1.63 bits per heavy atom. The van der Waals surface area contributed by atoms with Crippen molar-refractivity contribution in [3.05, 3.63) is 22.0 Å². The molecule has 2 aromatic rings. The van der Waals surface area contributed by atoms with E-state index >= 15 is 0 Å². The third kappa shape index (κ3) is 2.02. The lowest BCUT2D eigenvalue weighted by Gasteiger charge is -2.13. The number of rotatable bonds is 2. The molecule has 1 aliphatic heterocycles. The molecule has 8 nitrogen and oxygen atoms in total. The van der Waals surface area contributed by atoms with E-state index in [1.54, 1.807) is 0 Å². The molecule has 3 N–H and O–H groups in total. The van der Waals surface area contributed by atoms with Crippen molar-refractivity contribution >= 4 is 22.8 Å². The second-order valence-corrected chi connectivity index (χ2v) is 4.65. The SMILES string of the molecule is O=c1[nH]c(Cl)nc2c1ncn2[C@H]1C[C@@H](O)[C@@H](CO)O1. The topological polar surface area (TPSA) is 113 Å². The molecular weight excluding hydrogens is 276 g/mol. The number of imidazole rings is 1. The van der Waals surface area contributed by atoms with E-state index < -0.39 is 24.0 Å². The fourth-order valence-corrected chi connectivity index (χ4v) is 2.33. The Balaban J connectivity index is 2.05. The van der Waals surface area contributed by atoms with E-state index in [1.165, 1.54) is 10.9 Å². The fourth-order valence-electron chi connectivity index (χ4n) is 2.16. The number of aliphatic hydroxyl groups excluding tert-OH is 2. The van der Waals surface area contributed by atoms with Crippen molar-refractivity contribution in [2.45, 2.75) is 24.9 Å². The van der Waals surface area contributed by atoms with Gasteiger partial charge in [0.1, 0.15) is 12.3 Å². The summed E-state index contributed by atoms with van der Waals surface area (Å²) in [5.74, 6) is 0. The van der Waals surface area contributed by atoms with Crippen LogP contribution in [-0.2, 0) is 4.74 Å². The normalized spacial score (nSPS) is 27.2. The van der Waals surface area contributed by atoms with Crippen molar-refractivity contribution < 1.29 is 14.9 Å². The maximum Gasteiger partial charge on any atom is 0.280 e. The molecule has 0 radical (unpaired) electrons. The third-order valence-corrected chi connectivity index (χ3v) is 3.28. The Hall–Kier alpha value is -1.48. The number of fused-ring (bicyclic) bond motifs is 1. The molecule has 1 aliphatic rings. The van der Waals surface area contributed by atoms with Crippen molar-refractivity contribution in [3.63, 3.8) is 0 Å². The van der Waals surface area contributed by atoms with E-state index in [9.17, 15) is 9.90 Å². The lowest BCUT2D eigenvalue weighted by atomic mass is 10.2. The summed E-state index contributed by atoms with van der Waals surface area (Å²) in [7, 11) is 0. The first-order chi connectivity index (χ1) is 9.10. The molecule has 2 aromatic heterocycles. The number of hydrogen-bond acceptors (Lipinski definition) is 6. The highest BCUT2D eigenvalue weighted by Gasteiger charge is 2.35. The zero-order chi connectivity index (χ0) is 13.6. The molecule has 1 fully saturated rings. The van der Waals surface area contributed by atoms with Crippen molar-refractivity contribution in [2.24, 2.45) is 0 Å². The molecule has 9 heteroatoms. The van der Waals surface area contributed by atoms with Gasteiger partial charge in [-0.25, -0.2) is 4.98 Å². The zero-order valence-electron chi connectivity index (χ0n) is 9.65. The molecule has 0 aromatic carbocycles. The van der Waals surface area contributed by atoms with Crippen LogP contribution in [0.15, 0.2) is 11.1 Å². The Morgan fingerprint density at radius 3 is 3.11 bits per heavy atom. The molecule has 102 valence electrons. The highest BCUT2D eigenvalue weighted by Crippen LogP contribution is 2.30. The quantitative estimate of drug-likeness (QED) is 0.636. The van der Waals surface area contributed by atoms with E-state index in [0.717, 1.165) is 0 Å². The fraction of sp³-hybridized carbons (Fsp3) is 0.500. The number of nitrogens with zero attached hydrogens (tertiary/aromatic N) is 3. The van der Waals surface area contributed by atoms with Gasteiger partial charge < -0.3 is 14.9 Å². The largest absolute Gasteiger partial charge is 0.394 e. The summed E-state index contributed by atoms with van der Waals surface area (Å²) < 4.78 is 7.01. The van der Waals surface area contributed by atoms with Crippen LogP contribution in [-0.4, -0.2) is 48.5 Å². The van der Waals surface area contributed by atoms with Crippen LogP contribution < -0.4 is 5.56 Å². The maximum atomic E-state index is 11.6. The van der Waals surface area contributed by atoms with Gasteiger partial charge in [0.15, 0.2) is 11.2 Å². The van der Waals surface area contributed by atoms with Gasteiger partial charge in [0.25, 0.3) is 5.56 Å². The van der Waals surface area contributed by atoms with Gasteiger partial charge in [-0.3, -0.25) is 14.3 Å². The number of H-pyrrole nitrogens is 1.